The Labute approximate surface area is 79.1 Å². The molecule has 5 heteroatoms. The van der Waals surface area contributed by atoms with Crippen LogP contribution in [0.2, 0.25) is 0 Å². The Hall–Kier alpha value is 0.440. The van der Waals surface area contributed by atoms with Gasteiger partial charge in [-0.25, -0.2) is 5.09 Å². The molecule has 74 valence electrons. The Bertz CT molecular complexity index is 175. The van der Waals surface area contributed by atoms with E-state index in [1.54, 1.807) is 0 Å². The molecule has 0 aliphatic carbocycles. The van der Waals surface area contributed by atoms with Gasteiger partial charge in [-0.2, -0.15) is 0 Å². The molecule has 0 fully saturated rings. The molecule has 0 heterocycles. The van der Waals surface area contributed by atoms with Crippen LogP contribution in [0.5, 0.6) is 0 Å². The molecule has 0 amide bonds. The Morgan fingerprint density at radius 3 is 2.33 bits per heavy atom. The first-order valence-corrected chi connectivity index (χ1v) is 6.66. The summed E-state index contributed by atoms with van der Waals surface area (Å²) in [6.45, 7) is 4.44. The highest BCUT2D eigenvalue weighted by Gasteiger charge is 2.22. The Balaban J connectivity index is 3.95. The van der Waals surface area contributed by atoms with Crippen molar-refractivity contribution in [2.75, 3.05) is 0 Å². The van der Waals surface area contributed by atoms with Crippen molar-refractivity contribution in [1.82, 2.24) is 5.09 Å². The molecule has 0 aliphatic heterocycles. The van der Waals surface area contributed by atoms with Crippen molar-refractivity contribution in [3.05, 3.63) is 0 Å². The van der Waals surface area contributed by atoms with Crippen LogP contribution in [0.4, 0.5) is 0 Å². The van der Waals surface area contributed by atoms with Crippen LogP contribution < -0.4 is 5.09 Å². The molecule has 3 nitrogen and oxygen atoms in total. The van der Waals surface area contributed by atoms with Gasteiger partial charge in [0.2, 0.25) is 0 Å². The summed E-state index contributed by atoms with van der Waals surface area (Å²) in [5.74, 6) is 0. The molecule has 2 atom stereocenters. The van der Waals surface area contributed by atoms with Crippen molar-refractivity contribution in [2.24, 2.45) is 0 Å². The predicted octanol–water partition coefficient (Wildman–Crippen LogP) is 3.15. The Morgan fingerprint density at radius 1 is 1.50 bits per heavy atom. The monoisotopic (exact) mass is 213 g/mol. The van der Waals surface area contributed by atoms with E-state index in [4.69, 9.17) is 15.8 Å². The molecular weight excluding hydrogens is 197 g/mol. The SMILES string of the molecule is CCC(C)OP(=O)(Cl)NC(C)C. The summed E-state index contributed by atoms with van der Waals surface area (Å²) in [5, 5.41) is 2.68. The number of hydrogen-bond donors (Lipinski definition) is 1. The van der Waals surface area contributed by atoms with Gasteiger partial charge in [0.05, 0.1) is 6.10 Å². The van der Waals surface area contributed by atoms with E-state index in [2.05, 4.69) is 5.09 Å². The van der Waals surface area contributed by atoms with E-state index >= 15 is 0 Å². The predicted molar refractivity (Wildman–Crippen MR) is 52.6 cm³/mol. The highest BCUT2D eigenvalue weighted by molar-refractivity contribution is 7.83. The molecule has 0 spiro atoms. The van der Waals surface area contributed by atoms with Gasteiger partial charge >= 0.3 is 6.87 Å². The van der Waals surface area contributed by atoms with Gasteiger partial charge in [0.25, 0.3) is 0 Å². The highest BCUT2D eigenvalue weighted by atomic mass is 35.7. The molecule has 0 radical (unpaired) electrons. The lowest BCUT2D eigenvalue weighted by molar-refractivity contribution is 0.221. The number of halogens is 1. The topological polar surface area (TPSA) is 38.3 Å². The second-order valence-electron chi connectivity index (χ2n) is 3.09. The van der Waals surface area contributed by atoms with E-state index < -0.39 is 6.87 Å². The first-order valence-electron chi connectivity index (χ1n) is 4.13. The van der Waals surface area contributed by atoms with Crippen LogP contribution in [0.3, 0.4) is 0 Å². The van der Waals surface area contributed by atoms with Crippen molar-refractivity contribution in [3.63, 3.8) is 0 Å². The second-order valence-corrected chi connectivity index (χ2v) is 5.85. The zero-order chi connectivity index (χ0) is 9.78. The van der Waals surface area contributed by atoms with Crippen LogP contribution >= 0.6 is 18.1 Å². The van der Waals surface area contributed by atoms with Gasteiger partial charge in [-0.1, -0.05) is 6.92 Å². The number of rotatable bonds is 5. The van der Waals surface area contributed by atoms with E-state index in [1.807, 2.05) is 27.7 Å². The number of hydrogen-bond acceptors (Lipinski definition) is 2. The molecule has 0 saturated carbocycles. The van der Waals surface area contributed by atoms with Crippen molar-refractivity contribution < 1.29 is 9.09 Å². The first kappa shape index (κ1) is 12.4. The average Bonchev–Trinajstić information content (AvgIpc) is 1.83. The summed E-state index contributed by atoms with van der Waals surface area (Å²) in [5.41, 5.74) is 0. The lowest BCUT2D eigenvalue weighted by Crippen LogP contribution is -2.20. The molecule has 0 bridgehead atoms. The third kappa shape index (κ3) is 6.01. The molecule has 1 N–H and O–H groups in total. The fourth-order valence-electron chi connectivity index (χ4n) is 0.645. The maximum Gasteiger partial charge on any atom is 0.360 e. The molecular formula is C7H17ClNO2P. The Morgan fingerprint density at radius 2 is 2.00 bits per heavy atom. The van der Waals surface area contributed by atoms with Gasteiger partial charge in [0.1, 0.15) is 0 Å². The van der Waals surface area contributed by atoms with Gasteiger partial charge in [-0.05, 0) is 38.4 Å². The molecule has 0 rings (SSSR count). The van der Waals surface area contributed by atoms with Gasteiger partial charge < -0.3 is 4.52 Å². The smallest absolute Gasteiger partial charge is 0.303 e. The lowest BCUT2D eigenvalue weighted by Gasteiger charge is -2.18. The van der Waals surface area contributed by atoms with Crippen LogP contribution in [-0.4, -0.2) is 12.1 Å². The second kappa shape index (κ2) is 5.23. The highest BCUT2D eigenvalue weighted by Crippen LogP contribution is 2.49. The normalized spacial score (nSPS) is 19.2. The minimum atomic E-state index is -3.10. The van der Waals surface area contributed by atoms with E-state index in [1.165, 1.54) is 0 Å². The van der Waals surface area contributed by atoms with Crippen LogP contribution in [0.15, 0.2) is 0 Å². The van der Waals surface area contributed by atoms with Gasteiger partial charge in [-0.15, -0.1) is 0 Å². The Kier molecular flexibility index (Phi) is 5.42. The molecule has 2 unspecified atom stereocenters. The number of nitrogens with one attached hydrogen (secondary N) is 1. The van der Waals surface area contributed by atoms with Gasteiger partial charge in [0, 0.05) is 6.04 Å². The fraction of sp³-hybridized carbons (Fsp3) is 1.00. The third-order valence-corrected chi connectivity index (χ3v) is 3.29. The summed E-state index contributed by atoms with van der Waals surface area (Å²) >= 11 is 5.63. The molecule has 0 aromatic rings. The molecule has 0 saturated heterocycles. The molecule has 0 aliphatic rings. The largest absolute Gasteiger partial charge is 0.360 e. The van der Waals surface area contributed by atoms with E-state index in [9.17, 15) is 4.57 Å². The third-order valence-electron chi connectivity index (χ3n) is 1.30. The van der Waals surface area contributed by atoms with E-state index in [0.717, 1.165) is 6.42 Å². The van der Waals surface area contributed by atoms with Crippen molar-refractivity contribution in [3.8, 4) is 0 Å². The van der Waals surface area contributed by atoms with E-state index in [0.29, 0.717) is 0 Å². The first-order chi connectivity index (χ1) is 5.37. The molecule has 0 aromatic carbocycles. The van der Waals surface area contributed by atoms with Crippen molar-refractivity contribution in [1.29, 1.82) is 0 Å². The summed E-state index contributed by atoms with van der Waals surface area (Å²) in [6, 6.07) is 0.0670. The summed E-state index contributed by atoms with van der Waals surface area (Å²) in [4.78, 5) is 0. The summed E-state index contributed by atoms with van der Waals surface area (Å²) in [6.07, 6.45) is 0.732. The van der Waals surface area contributed by atoms with Gasteiger partial charge in [0.15, 0.2) is 0 Å². The summed E-state index contributed by atoms with van der Waals surface area (Å²) < 4.78 is 16.5. The zero-order valence-corrected chi connectivity index (χ0v) is 9.65. The lowest BCUT2D eigenvalue weighted by atomic mass is 10.3. The minimum Gasteiger partial charge on any atom is -0.303 e. The van der Waals surface area contributed by atoms with Gasteiger partial charge in [-0.3, -0.25) is 4.57 Å². The van der Waals surface area contributed by atoms with Crippen molar-refractivity contribution >= 4 is 18.1 Å². The fourth-order valence-corrected chi connectivity index (χ4v) is 2.93. The molecule has 12 heavy (non-hydrogen) atoms. The standard InChI is InChI=1S/C7H17ClNO2P/c1-5-7(4)11-12(8,10)9-6(2)3/h6-7H,5H2,1-4H3,(H,9,10). The van der Waals surface area contributed by atoms with Crippen LogP contribution in [-0.2, 0) is 9.09 Å². The maximum atomic E-state index is 11.4. The van der Waals surface area contributed by atoms with Crippen molar-refractivity contribution in [2.45, 2.75) is 46.3 Å². The average molecular weight is 214 g/mol. The summed E-state index contributed by atoms with van der Waals surface area (Å²) in [7, 11) is 0. The van der Waals surface area contributed by atoms with Crippen LogP contribution in [0.25, 0.3) is 0 Å². The van der Waals surface area contributed by atoms with Crippen LogP contribution in [0.1, 0.15) is 34.1 Å². The quantitative estimate of drug-likeness (QED) is 0.713. The van der Waals surface area contributed by atoms with Crippen LogP contribution in [0, 0.1) is 0 Å². The minimum absolute atomic E-state index is 0.0670. The molecule has 0 aromatic heterocycles. The maximum absolute atomic E-state index is 11.4. The van der Waals surface area contributed by atoms with E-state index in [-0.39, 0.29) is 12.1 Å². The zero-order valence-electron chi connectivity index (χ0n) is 8.00.